The van der Waals surface area contributed by atoms with Gasteiger partial charge in [0.25, 0.3) is 0 Å². The highest BCUT2D eigenvalue weighted by atomic mass is 19.3. The molecule has 33 heavy (non-hydrogen) atoms. The highest BCUT2D eigenvalue weighted by Gasteiger charge is 2.09. The molecule has 0 aliphatic rings. The van der Waals surface area contributed by atoms with Crippen LogP contribution < -0.4 is 10.1 Å². The van der Waals surface area contributed by atoms with Crippen molar-refractivity contribution in [1.29, 1.82) is 0 Å². The van der Waals surface area contributed by atoms with Crippen molar-refractivity contribution in [2.75, 3.05) is 0 Å². The molecular weight excluding hydrogens is 424 g/mol. The van der Waals surface area contributed by atoms with Crippen LogP contribution in [0.2, 0.25) is 0 Å². The number of alkyl halides is 2. The Morgan fingerprint density at radius 2 is 1.67 bits per heavy atom. The number of nitrogens with zero attached hydrogens (tertiary/aromatic N) is 2. The molecule has 0 saturated heterocycles. The molecule has 168 valence electrons. The predicted molar refractivity (Wildman–Crippen MR) is 122 cm³/mol. The van der Waals surface area contributed by atoms with E-state index in [-0.39, 0.29) is 18.1 Å². The summed E-state index contributed by atoms with van der Waals surface area (Å²) < 4.78 is 30.7. The molecule has 0 saturated carbocycles. The number of nitrogens with one attached hydrogen (secondary N) is 1. The van der Waals surface area contributed by atoms with Gasteiger partial charge in [-0.05, 0) is 46.0 Å². The summed E-state index contributed by atoms with van der Waals surface area (Å²) in [5.74, 6) is -0.0828. The fourth-order valence-electron chi connectivity index (χ4n) is 3.56. The number of benzene rings is 3. The van der Waals surface area contributed by atoms with Gasteiger partial charge in [-0.2, -0.15) is 13.9 Å². The Labute approximate surface area is 190 Å². The highest BCUT2D eigenvalue weighted by molar-refractivity contribution is 5.79. The lowest BCUT2D eigenvalue weighted by Crippen LogP contribution is -2.24. The van der Waals surface area contributed by atoms with Crippen LogP contribution in [0.15, 0.2) is 91.3 Å². The molecule has 4 rings (SSSR count). The van der Waals surface area contributed by atoms with Crippen molar-refractivity contribution >= 4 is 5.91 Å². The van der Waals surface area contributed by atoms with Crippen molar-refractivity contribution < 1.29 is 18.3 Å². The third-order valence-electron chi connectivity index (χ3n) is 5.18. The number of rotatable bonds is 9. The first-order chi connectivity index (χ1) is 16.1. The number of halogens is 2. The van der Waals surface area contributed by atoms with Gasteiger partial charge < -0.3 is 10.1 Å². The van der Waals surface area contributed by atoms with Crippen LogP contribution in [0.3, 0.4) is 0 Å². The molecule has 0 atom stereocenters. The number of aromatic nitrogens is 2. The molecule has 0 bridgehead atoms. The van der Waals surface area contributed by atoms with Gasteiger partial charge in [-0.15, -0.1) is 0 Å². The summed E-state index contributed by atoms with van der Waals surface area (Å²) in [5.41, 5.74) is 5.00. The Morgan fingerprint density at radius 1 is 0.939 bits per heavy atom. The van der Waals surface area contributed by atoms with Crippen molar-refractivity contribution in [3.05, 3.63) is 108 Å². The first-order valence-corrected chi connectivity index (χ1v) is 10.5. The molecule has 1 heterocycles. The summed E-state index contributed by atoms with van der Waals surface area (Å²) in [6, 6.07) is 24.2. The summed E-state index contributed by atoms with van der Waals surface area (Å²) in [6.45, 7) is -1.77. The fraction of sp³-hybridized carbons (Fsp3) is 0.154. The molecule has 1 aromatic heterocycles. The van der Waals surface area contributed by atoms with E-state index in [0.29, 0.717) is 13.1 Å². The Hall–Kier alpha value is -4.00. The Kier molecular flexibility index (Phi) is 7.09. The van der Waals surface area contributed by atoms with Crippen LogP contribution in [0, 0.1) is 0 Å². The normalized spacial score (nSPS) is 10.9. The van der Waals surface area contributed by atoms with Crippen molar-refractivity contribution in [1.82, 2.24) is 15.1 Å². The van der Waals surface area contributed by atoms with E-state index in [0.717, 1.165) is 27.8 Å². The molecule has 5 nitrogen and oxygen atoms in total. The summed E-state index contributed by atoms with van der Waals surface area (Å²) in [5, 5.41) is 7.18. The number of carbonyl (C=O) groups excluding carboxylic acids is 1. The van der Waals surface area contributed by atoms with Gasteiger partial charge in [0, 0.05) is 18.9 Å². The average molecular weight is 447 g/mol. The monoisotopic (exact) mass is 447 g/mol. The van der Waals surface area contributed by atoms with E-state index in [1.807, 2.05) is 41.2 Å². The maximum atomic E-state index is 12.4. The number of carbonyl (C=O) groups is 1. The van der Waals surface area contributed by atoms with Crippen molar-refractivity contribution in [2.45, 2.75) is 26.1 Å². The van der Waals surface area contributed by atoms with Crippen LogP contribution in [-0.2, 0) is 24.3 Å². The van der Waals surface area contributed by atoms with Crippen molar-refractivity contribution in [2.24, 2.45) is 0 Å². The smallest absolute Gasteiger partial charge is 0.387 e. The predicted octanol–water partition coefficient (Wildman–Crippen LogP) is 5.06. The molecule has 0 spiro atoms. The van der Waals surface area contributed by atoms with Gasteiger partial charge >= 0.3 is 6.61 Å². The van der Waals surface area contributed by atoms with Gasteiger partial charge in [-0.3, -0.25) is 9.48 Å². The average Bonchev–Trinajstić information content (AvgIpc) is 3.33. The SMILES string of the molecule is O=C(Cc1ccc(OC(F)F)cc1)NCc1ccccc1-c1ccc(Cn2cccn2)cc1. The quantitative estimate of drug-likeness (QED) is 0.390. The second kappa shape index (κ2) is 10.5. The van der Waals surface area contributed by atoms with Crippen LogP contribution in [0.1, 0.15) is 16.7 Å². The largest absolute Gasteiger partial charge is 0.435 e. The number of hydrogen-bond donors (Lipinski definition) is 1. The Balaban J connectivity index is 1.37. The molecule has 1 amide bonds. The summed E-state index contributed by atoms with van der Waals surface area (Å²) >= 11 is 0. The Bertz CT molecular complexity index is 1180. The first-order valence-electron chi connectivity index (χ1n) is 10.5. The van der Waals surface area contributed by atoms with E-state index in [4.69, 9.17) is 0 Å². The first kappa shape index (κ1) is 22.2. The lowest BCUT2D eigenvalue weighted by atomic mass is 9.98. The zero-order valence-electron chi connectivity index (χ0n) is 17.8. The second-order valence-electron chi connectivity index (χ2n) is 7.53. The summed E-state index contributed by atoms with van der Waals surface area (Å²) in [7, 11) is 0. The van der Waals surface area contributed by atoms with Crippen LogP contribution in [-0.4, -0.2) is 22.3 Å². The molecule has 0 unspecified atom stereocenters. The van der Waals surface area contributed by atoms with Gasteiger partial charge in [-0.25, -0.2) is 0 Å². The van der Waals surface area contributed by atoms with Gasteiger partial charge in [0.15, 0.2) is 0 Å². The van der Waals surface area contributed by atoms with E-state index in [1.165, 1.54) is 12.1 Å². The second-order valence-corrected chi connectivity index (χ2v) is 7.53. The third-order valence-corrected chi connectivity index (χ3v) is 5.18. The van der Waals surface area contributed by atoms with Gasteiger partial charge in [0.2, 0.25) is 5.91 Å². The molecule has 0 aliphatic carbocycles. The van der Waals surface area contributed by atoms with Gasteiger partial charge in [-0.1, -0.05) is 60.7 Å². The van der Waals surface area contributed by atoms with Crippen molar-refractivity contribution in [3.63, 3.8) is 0 Å². The van der Waals surface area contributed by atoms with Crippen LogP contribution >= 0.6 is 0 Å². The highest BCUT2D eigenvalue weighted by Crippen LogP contribution is 2.24. The molecule has 1 N–H and O–H groups in total. The molecule has 0 fully saturated rings. The number of amides is 1. The lowest BCUT2D eigenvalue weighted by molar-refractivity contribution is -0.120. The van der Waals surface area contributed by atoms with E-state index >= 15 is 0 Å². The zero-order chi connectivity index (χ0) is 23.0. The standard InChI is InChI=1S/C26H23F2N3O2/c27-26(28)33-23-12-8-19(9-13-23)16-25(32)29-17-22-4-1-2-5-24(22)21-10-6-20(7-11-21)18-31-15-3-14-30-31/h1-15,26H,16-18H2,(H,29,32). The number of ether oxygens (including phenoxy) is 1. The third kappa shape index (κ3) is 6.26. The van der Waals surface area contributed by atoms with Gasteiger partial charge in [0.1, 0.15) is 5.75 Å². The fourth-order valence-corrected chi connectivity index (χ4v) is 3.56. The van der Waals surface area contributed by atoms with Crippen LogP contribution in [0.5, 0.6) is 5.75 Å². The van der Waals surface area contributed by atoms with E-state index < -0.39 is 6.61 Å². The molecule has 0 aliphatic heterocycles. The lowest BCUT2D eigenvalue weighted by Gasteiger charge is -2.12. The van der Waals surface area contributed by atoms with E-state index in [9.17, 15) is 13.6 Å². The summed E-state index contributed by atoms with van der Waals surface area (Å²) in [4.78, 5) is 12.4. The van der Waals surface area contributed by atoms with E-state index in [2.05, 4.69) is 39.4 Å². The minimum atomic E-state index is -2.87. The minimum absolute atomic E-state index is 0.0683. The molecule has 4 aromatic rings. The number of hydrogen-bond acceptors (Lipinski definition) is 3. The molecule has 0 radical (unpaired) electrons. The summed E-state index contributed by atoms with van der Waals surface area (Å²) in [6.07, 6.45) is 3.84. The van der Waals surface area contributed by atoms with E-state index in [1.54, 1.807) is 18.3 Å². The zero-order valence-corrected chi connectivity index (χ0v) is 17.8. The van der Waals surface area contributed by atoms with Crippen LogP contribution in [0.4, 0.5) is 8.78 Å². The topological polar surface area (TPSA) is 56.1 Å². The van der Waals surface area contributed by atoms with Gasteiger partial charge in [0.05, 0.1) is 13.0 Å². The molecular formula is C26H23F2N3O2. The maximum absolute atomic E-state index is 12.4. The molecule has 7 heteroatoms. The molecule has 3 aromatic carbocycles. The Morgan fingerprint density at radius 3 is 2.36 bits per heavy atom. The minimum Gasteiger partial charge on any atom is -0.435 e. The van der Waals surface area contributed by atoms with Crippen molar-refractivity contribution in [3.8, 4) is 16.9 Å². The van der Waals surface area contributed by atoms with Crippen LogP contribution in [0.25, 0.3) is 11.1 Å². The maximum Gasteiger partial charge on any atom is 0.387 e.